The van der Waals surface area contributed by atoms with E-state index >= 15 is 0 Å². The first-order chi connectivity index (χ1) is 15.1. The molecule has 2 aromatic heterocycles. The van der Waals surface area contributed by atoms with E-state index in [-0.39, 0.29) is 5.01 Å². The number of alkyl halides is 9. The Morgan fingerprint density at radius 2 is 1.42 bits per heavy atom. The van der Waals surface area contributed by atoms with Crippen LogP contribution in [0.25, 0.3) is 0 Å². The van der Waals surface area contributed by atoms with Gasteiger partial charge in [0, 0.05) is 12.4 Å². The second-order valence-electron chi connectivity index (χ2n) is 6.65. The quantitative estimate of drug-likeness (QED) is 0.382. The van der Waals surface area contributed by atoms with Crippen LogP contribution < -0.4 is 5.01 Å². The number of hydrazone groups is 1. The molecule has 1 N–H and O–H groups in total. The second-order valence-corrected chi connectivity index (χ2v) is 7.15. The molecule has 0 saturated carbocycles. The Bertz CT molecular complexity index is 1040. The van der Waals surface area contributed by atoms with Gasteiger partial charge in [0.2, 0.25) is 0 Å². The summed E-state index contributed by atoms with van der Waals surface area (Å²) in [5.74, 6) is -2.12. The molecule has 0 spiro atoms. The summed E-state index contributed by atoms with van der Waals surface area (Å²) in [5.41, 5.74) is -5.53. The number of hydrogen-bond acceptors (Lipinski definition) is 6. The highest BCUT2D eigenvalue weighted by Crippen LogP contribution is 2.44. The summed E-state index contributed by atoms with van der Waals surface area (Å²) in [6.07, 6.45) is -17.8. The molecule has 1 aliphatic rings. The molecule has 3 atom stereocenters. The zero-order chi connectivity index (χ0) is 24.8. The summed E-state index contributed by atoms with van der Waals surface area (Å²) in [6, 6.07) is 2.65. The maximum Gasteiger partial charge on any atom is 0.433 e. The van der Waals surface area contributed by atoms with Crippen molar-refractivity contribution in [1.82, 2.24) is 9.97 Å². The summed E-state index contributed by atoms with van der Waals surface area (Å²) in [5, 5.41) is 14.1. The number of nitrogens with zero attached hydrogens (tertiary/aromatic N) is 4. The molecule has 3 unspecified atom stereocenters. The van der Waals surface area contributed by atoms with Crippen molar-refractivity contribution in [3.63, 3.8) is 0 Å². The highest BCUT2D eigenvalue weighted by molar-refractivity contribution is 14.1. The van der Waals surface area contributed by atoms with Gasteiger partial charge in [-0.25, -0.2) is 5.01 Å². The van der Waals surface area contributed by atoms with Gasteiger partial charge in [0.15, 0.2) is 11.9 Å². The van der Waals surface area contributed by atoms with E-state index in [1.807, 2.05) is 0 Å². The fraction of sp³-hybridized carbons (Fsp3) is 0.353. The van der Waals surface area contributed by atoms with E-state index in [1.54, 1.807) is 0 Å². The Hall–Kier alpha value is -2.21. The number of aliphatic hydroxyl groups excluding tert-OH is 1. The molecule has 1 aliphatic heterocycles. The Morgan fingerprint density at radius 1 is 0.879 bits per heavy atom. The first kappa shape index (κ1) is 25.4. The van der Waals surface area contributed by atoms with Gasteiger partial charge in [-0.1, -0.05) is 0 Å². The van der Waals surface area contributed by atoms with E-state index in [2.05, 4.69) is 15.1 Å². The Kier molecular flexibility index (Phi) is 6.82. The van der Waals surface area contributed by atoms with E-state index in [4.69, 9.17) is 3.07 Å². The molecule has 0 saturated heterocycles. The number of pyridine rings is 2. The van der Waals surface area contributed by atoms with E-state index in [0.717, 1.165) is 35.1 Å². The summed E-state index contributed by atoms with van der Waals surface area (Å²) in [4.78, 5) is 6.20. The van der Waals surface area contributed by atoms with Crippen LogP contribution >= 0.6 is 23.0 Å². The minimum atomic E-state index is -5.20. The van der Waals surface area contributed by atoms with E-state index in [0.29, 0.717) is 24.5 Å². The zero-order valence-corrected chi connectivity index (χ0v) is 17.8. The lowest BCUT2D eigenvalue weighted by Crippen LogP contribution is -2.40. The molecule has 33 heavy (non-hydrogen) atoms. The van der Waals surface area contributed by atoms with Crippen LogP contribution in [-0.2, 0) is 15.4 Å². The van der Waals surface area contributed by atoms with Gasteiger partial charge in [0.25, 0.3) is 0 Å². The van der Waals surface area contributed by atoms with Crippen LogP contribution in [0.2, 0.25) is 0 Å². The monoisotopic (exact) mass is 600 g/mol. The molecule has 6 nitrogen and oxygen atoms in total. The number of aliphatic hydroxyl groups is 1. The van der Waals surface area contributed by atoms with Gasteiger partial charge >= 0.3 is 18.5 Å². The standard InChI is InChI=1S/C17H10F9IN4O2/c18-15(19,20)9-5-7(1-3-28-9)12(33-27)11-13(17(24,25)26)30-31(14(11)32)8-2-4-29-10(6-8)16(21,22)23/h1-6,11-12,14,32H. The van der Waals surface area contributed by atoms with Crippen molar-refractivity contribution in [2.75, 3.05) is 5.01 Å². The van der Waals surface area contributed by atoms with Gasteiger partial charge in [-0.15, -0.1) is 0 Å². The van der Waals surface area contributed by atoms with Crippen LogP contribution in [0.5, 0.6) is 0 Å². The Labute approximate surface area is 192 Å². The Morgan fingerprint density at radius 3 is 1.94 bits per heavy atom. The third-order valence-corrected chi connectivity index (χ3v) is 5.06. The van der Waals surface area contributed by atoms with Gasteiger partial charge in [-0.2, -0.15) is 44.6 Å². The van der Waals surface area contributed by atoms with Gasteiger partial charge in [0.05, 0.1) is 11.6 Å². The molecule has 3 rings (SSSR count). The van der Waals surface area contributed by atoms with Crippen molar-refractivity contribution in [2.45, 2.75) is 30.9 Å². The number of rotatable bonds is 4. The van der Waals surface area contributed by atoms with Crippen molar-refractivity contribution in [3.8, 4) is 0 Å². The molecule has 0 aromatic carbocycles. The molecule has 180 valence electrons. The highest BCUT2D eigenvalue weighted by atomic mass is 127. The van der Waals surface area contributed by atoms with Gasteiger partial charge < -0.3 is 8.17 Å². The van der Waals surface area contributed by atoms with Crippen molar-refractivity contribution in [3.05, 3.63) is 53.6 Å². The molecule has 0 amide bonds. The molecular formula is C17H10F9IN4O2. The van der Waals surface area contributed by atoms with Crippen LogP contribution in [0.1, 0.15) is 23.1 Å². The predicted octanol–water partition coefficient (Wildman–Crippen LogP) is 5.30. The van der Waals surface area contributed by atoms with Crippen LogP contribution in [-0.4, -0.2) is 33.2 Å². The number of anilines is 1. The van der Waals surface area contributed by atoms with Crippen molar-refractivity contribution in [2.24, 2.45) is 11.0 Å². The number of aromatic nitrogens is 2. The largest absolute Gasteiger partial charge is 0.433 e. The topological polar surface area (TPSA) is 70.8 Å². The second kappa shape index (κ2) is 8.86. The molecule has 0 fully saturated rings. The minimum absolute atomic E-state index is 0.277. The highest BCUT2D eigenvalue weighted by Gasteiger charge is 2.54. The molecule has 0 aliphatic carbocycles. The average molecular weight is 600 g/mol. The van der Waals surface area contributed by atoms with Crippen molar-refractivity contribution < 1.29 is 47.7 Å². The van der Waals surface area contributed by atoms with Crippen molar-refractivity contribution in [1.29, 1.82) is 0 Å². The fourth-order valence-corrected chi connectivity index (χ4v) is 3.71. The fourth-order valence-electron chi connectivity index (χ4n) is 3.10. The predicted molar refractivity (Wildman–Crippen MR) is 102 cm³/mol. The smallest absolute Gasteiger partial charge is 0.371 e. The molecule has 3 heterocycles. The Balaban J connectivity index is 2.08. The molecular weight excluding hydrogens is 590 g/mol. The third-order valence-electron chi connectivity index (χ3n) is 4.52. The van der Waals surface area contributed by atoms with Crippen molar-refractivity contribution >= 4 is 34.4 Å². The molecule has 0 radical (unpaired) electrons. The summed E-state index contributed by atoms with van der Waals surface area (Å²) in [7, 11) is 0. The first-order valence-corrected chi connectivity index (χ1v) is 9.49. The number of hydrogen-bond donors (Lipinski definition) is 1. The van der Waals surface area contributed by atoms with Crippen LogP contribution in [0, 0.1) is 5.92 Å². The lowest BCUT2D eigenvalue weighted by Gasteiger charge is -2.28. The molecule has 0 bridgehead atoms. The summed E-state index contributed by atoms with van der Waals surface area (Å²) >= 11 is 1.15. The SMILES string of the molecule is OC1C(C(OI)c2ccnc(C(F)(F)F)c2)C(C(F)(F)F)=NN1c1ccnc(C(F)(F)F)c1. The van der Waals surface area contributed by atoms with Gasteiger partial charge in [-0.3, -0.25) is 9.97 Å². The van der Waals surface area contributed by atoms with E-state index < -0.39 is 65.1 Å². The summed E-state index contributed by atoms with van der Waals surface area (Å²) < 4.78 is 124. The molecule has 16 heteroatoms. The normalized spacial score (nSPS) is 20.7. The average Bonchev–Trinajstić information content (AvgIpc) is 3.05. The summed E-state index contributed by atoms with van der Waals surface area (Å²) in [6.45, 7) is 0. The first-order valence-electron chi connectivity index (χ1n) is 8.61. The molecule has 2 aromatic rings. The van der Waals surface area contributed by atoms with Gasteiger partial charge in [0.1, 0.15) is 40.5 Å². The van der Waals surface area contributed by atoms with Crippen LogP contribution in [0.15, 0.2) is 41.8 Å². The van der Waals surface area contributed by atoms with Gasteiger partial charge in [-0.05, 0) is 29.8 Å². The maximum absolute atomic E-state index is 13.7. The third kappa shape index (κ3) is 5.32. The zero-order valence-electron chi connectivity index (χ0n) is 15.6. The number of halogens is 10. The lowest BCUT2D eigenvalue weighted by molar-refractivity contribution is -0.142. The lowest BCUT2D eigenvalue weighted by atomic mass is 9.90. The maximum atomic E-state index is 13.7. The van der Waals surface area contributed by atoms with E-state index in [1.165, 1.54) is 0 Å². The van der Waals surface area contributed by atoms with Crippen LogP contribution in [0.3, 0.4) is 0 Å². The van der Waals surface area contributed by atoms with Crippen LogP contribution in [0.4, 0.5) is 45.2 Å². The minimum Gasteiger partial charge on any atom is -0.371 e. The van der Waals surface area contributed by atoms with E-state index in [9.17, 15) is 44.6 Å².